The molecule has 0 aliphatic heterocycles. The Balaban J connectivity index is 2.06. The third kappa shape index (κ3) is 3.92. The molecule has 130 valence electrons. The van der Waals surface area contributed by atoms with E-state index in [0.29, 0.717) is 13.1 Å². The molecule has 0 atom stereocenters. The average Bonchev–Trinajstić information content (AvgIpc) is 2.61. The zero-order valence-corrected chi connectivity index (χ0v) is 14.9. The van der Waals surface area contributed by atoms with Gasteiger partial charge in [0.2, 0.25) is 0 Å². The quantitative estimate of drug-likeness (QED) is 0.804. The summed E-state index contributed by atoms with van der Waals surface area (Å²) >= 11 is 0. The van der Waals surface area contributed by atoms with Gasteiger partial charge in [-0.2, -0.15) is 0 Å². The SMILES string of the molecule is COc1ccc(CNCc2ccc(OC)c(C)c2OC)cc1OC. The van der Waals surface area contributed by atoms with Gasteiger partial charge in [0.15, 0.2) is 11.5 Å². The van der Waals surface area contributed by atoms with Crippen molar-refractivity contribution in [1.82, 2.24) is 5.32 Å². The highest BCUT2D eigenvalue weighted by molar-refractivity contribution is 5.49. The smallest absolute Gasteiger partial charge is 0.161 e. The van der Waals surface area contributed by atoms with E-state index in [1.54, 1.807) is 28.4 Å². The molecule has 0 unspecified atom stereocenters. The molecule has 0 aliphatic rings. The van der Waals surface area contributed by atoms with E-state index in [0.717, 1.165) is 39.7 Å². The summed E-state index contributed by atoms with van der Waals surface area (Å²) in [6, 6.07) is 9.89. The van der Waals surface area contributed by atoms with Crippen molar-refractivity contribution in [3.8, 4) is 23.0 Å². The highest BCUT2D eigenvalue weighted by Crippen LogP contribution is 2.31. The number of benzene rings is 2. The van der Waals surface area contributed by atoms with Gasteiger partial charge in [-0.25, -0.2) is 0 Å². The zero-order chi connectivity index (χ0) is 17.5. The standard InChI is InChI=1S/C19H25NO4/c1-13-16(21-2)9-7-15(19(13)24-5)12-20-11-14-6-8-17(22-3)18(10-14)23-4/h6-10,20H,11-12H2,1-5H3. The number of ether oxygens (including phenoxy) is 4. The van der Waals surface area contributed by atoms with Gasteiger partial charge in [0.25, 0.3) is 0 Å². The largest absolute Gasteiger partial charge is 0.496 e. The first kappa shape index (κ1) is 17.9. The van der Waals surface area contributed by atoms with Gasteiger partial charge in [-0.05, 0) is 30.7 Å². The van der Waals surface area contributed by atoms with E-state index in [-0.39, 0.29) is 0 Å². The van der Waals surface area contributed by atoms with Crippen LogP contribution in [0.25, 0.3) is 0 Å². The summed E-state index contributed by atoms with van der Waals surface area (Å²) in [6.07, 6.45) is 0. The van der Waals surface area contributed by atoms with Gasteiger partial charge in [0.1, 0.15) is 11.5 Å². The maximum absolute atomic E-state index is 5.53. The van der Waals surface area contributed by atoms with E-state index >= 15 is 0 Å². The second kappa shape index (κ2) is 8.45. The average molecular weight is 331 g/mol. The van der Waals surface area contributed by atoms with Gasteiger partial charge < -0.3 is 24.3 Å². The van der Waals surface area contributed by atoms with Gasteiger partial charge in [-0.1, -0.05) is 12.1 Å². The molecule has 5 nitrogen and oxygen atoms in total. The van der Waals surface area contributed by atoms with Crippen LogP contribution < -0.4 is 24.3 Å². The van der Waals surface area contributed by atoms with Gasteiger partial charge >= 0.3 is 0 Å². The van der Waals surface area contributed by atoms with E-state index in [4.69, 9.17) is 18.9 Å². The monoisotopic (exact) mass is 331 g/mol. The van der Waals surface area contributed by atoms with Crippen LogP contribution in [0.5, 0.6) is 23.0 Å². The summed E-state index contributed by atoms with van der Waals surface area (Å²) < 4.78 is 21.5. The first-order chi connectivity index (χ1) is 11.6. The van der Waals surface area contributed by atoms with Crippen molar-refractivity contribution in [2.45, 2.75) is 20.0 Å². The van der Waals surface area contributed by atoms with E-state index in [9.17, 15) is 0 Å². The number of nitrogens with one attached hydrogen (secondary N) is 1. The molecule has 2 aromatic carbocycles. The lowest BCUT2D eigenvalue weighted by Crippen LogP contribution is -2.14. The van der Waals surface area contributed by atoms with Gasteiger partial charge in [0.05, 0.1) is 28.4 Å². The second-order valence-corrected chi connectivity index (χ2v) is 5.38. The molecule has 0 radical (unpaired) electrons. The minimum Gasteiger partial charge on any atom is -0.496 e. The third-order valence-corrected chi connectivity index (χ3v) is 3.95. The summed E-state index contributed by atoms with van der Waals surface area (Å²) in [6.45, 7) is 3.41. The van der Waals surface area contributed by atoms with Crippen molar-refractivity contribution in [2.75, 3.05) is 28.4 Å². The van der Waals surface area contributed by atoms with Crippen LogP contribution in [0.3, 0.4) is 0 Å². The molecule has 0 saturated heterocycles. The van der Waals surface area contributed by atoms with Crippen LogP contribution in [0.1, 0.15) is 16.7 Å². The fourth-order valence-electron chi connectivity index (χ4n) is 2.71. The Hall–Kier alpha value is -2.40. The predicted molar refractivity (Wildman–Crippen MR) is 94.4 cm³/mol. The summed E-state index contributed by atoms with van der Waals surface area (Å²) in [5.74, 6) is 3.15. The Morgan fingerprint density at radius 1 is 0.750 bits per heavy atom. The van der Waals surface area contributed by atoms with Crippen molar-refractivity contribution in [2.24, 2.45) is 0 Å². The zero-order valence-electron chi connectivity index (χ0n) is 14.9. The third-order valence-electron chi connectivity index (χ3n) is 3.95. The normalized spacial score (nSPS) is 10.4. The number of hydrogen-bond donors (Lipinski definition) is 1. The molecular formula is C19H25NO4. The van der Waals surface area contributed by atoms with Gasteiger partial charge in [0, 0.05) is 24.2 Å². The van der Waals surface area contributed by atoms with Crippen molar-refractivity contribution in [1.29, 1.82) is 0 Å². The minimum atomic E-state index is 0.697. The molecule has 0 heterocycles. The Labute approximate surface area is 143 Å². The molecule has 0 aliphatic carbocycles. The summed E-state index contributed by atoms with van der Waals surface area (Å²) in [5.41, 5.74) is 3.22. The number of rotatable bonds is 8. The van der Waals surface area contributed by atoms with E-state index < -0.39 is 0 Å². The molecule has 1 N–H and O–H groups in total. The lowest BCUT2D eigenvalue weighted by molar-refractivity contribution is 0.354. The van der Waals surface area contributed by atoms with Gasteiger partial charge in [-0.15, -0.1) is 0 Å². The molecule has 0 aromatic heterocycles. The highest BCUT2D eigenvalue weighted by Gasteiger charge is 2.11. The maximum atomic E-state index is 5.53. The number of methoxy groups -OCH3 is 4. The molecule has 0 amide bonds. The van der Waals surface area contributed by atoms with Crippen LogP contribution in [0.4, 0.5) is 0 Å². The number of hydrogen-bond acceptors (Lipinski definition) is 5. The Morgan fingerprint density at radius 3 is 2.04 bits per heavy atom. The van der Waals surface area contributed by atoms with Crippen LogP contribution >= 0.6 is 0 Å². The van der Waals surface area contributed by atoms with E-state index in [2.05, 4.69) is 5.32 Å². The van der Waals surface area contributed by atoms with Crippen molar-refractivity contribution in [3.63, 3.8) is 0 Å². The predicted octanol–water partition coefficient (Wildman–Crippen LogP) is 3.32. The van der Waals surface area contributed by atoms with Crippen molar-refractivity contribution >= 4 is 0 Å². The Morgan fingerprint density at radius 2 is 1.42 bits per heavy atom. The molecule has 0 fully saturated rings. The summed E-state index contributed by atoms with van der Waals surface area (Å²) in [4.78, 5) is 0. The van der Waals surface area contributed by atoms with Crippen LogP contribution in [0.2, 0.25) is 0 Å². The van der Waals surface area contributed by atoms with E-state index in [1.807, 2.05) is 37.3 Å². The highest BCUT2D eigenvalue weighted by atomic mass is 16.5. The Bertz CT molecular complexity index is 685. The maximum Gasteiger partial charge on any atom is 0.161 e. The molecule has 0 saturated carbocycles. The molecule has 0 bridgehead atoms. The second-order valence-electron chi connectivity index (χ2n) is 5.38. The molecule has 2 aromatic rings. The Kier molecular flexibility index (Phi) is 6.32. The first-order valence-electron chi connectivity index (χ1n) is 7.76. The van der Waals surface area contributed by atoms with Crippen LogP contribution in [-0.4, -0.2) is 28.4 Å². The minimum absolute atomic E-state index is 0.697. The molecule has 0 spiro atoms. The molecular weight excluding hydrogens is 306 g/mol. The molecule has 24 heavy (non-hydrogen) atoms. The van der Waals surface area contributed by atoms with Crippen molar-refractivity contribution < 1.29 is 18.9 Å². The van der Waals surface area contributed by atoms with E-state index in [1.165, 1.54) is 0 Å². The first-order valence-corrected chi connectivity index (χ1v) is 7.76. The lowest BCUT2D eigenvalue weighted by Gasteiger charge is -2.15. The molecule has 2 rings (SSSR count). The van der Waals surface area contributed by atoms with Gasteiger partial charge in [-0.3, -0.25) is 0 Å². The van der Waals surface area contributed by atoms with Crippen LogP contribution in [-0.2, 0) is 13.1 Å². The molecule has 5 heteroatoms. The summed E-state index contributed by atoms with van der Waals surface area (Å²) in [5, 5.41) is 3.43. The lowest BCUT2D eigenvalue weighted by atomic mass is 10.1. The fourth-order valence-corrected chi connectivity index (χ4v) is 2.71. The summed E-state index contributed by atoms with van der Waals surface area (Å²) in [7, 11) is 6.62. The van der Waals surface area contributed by atoms with Crippen molar-refractivity contribution in [3.05, 3.63) is 47.0 Å². The van der Waals surface area contributed by atoms with Crippen LogP contribution in [0.15, 0.2) is 30.3 Å². The topological polar surface area (TPSA) is 49.0 Å². The van der Waals surface area contributed by atoms with Crippen LogP contribution in [0, 0.1) is 6.92 Å². The fraction of sp³-hybridized carbons (Fsp3) is 0.368.